The molecule has 7 nitrogen and oxygen atoms in total. The summed E-state index contributed by atoms with van der Waals surface area (Å²) in [4.78, 5) is 25.7. The highest BCUT2D eigenvalue weighted by molar-refractivity contribution is 5.73. The van der Waals surface area contributed by atoms with Gasteiger partial charge in [0.05, 0.1) is 12.7 Å². The summed E-state index contributed by atoms with van der Waals surface area (Å²) in [6, 6.07) is -0.313. The van der Waals surface area contributed by atoms with E-state index in [-0.39, 0.29) is 19.0 Å². The lowest BCUT2D eigenvalue weighted by Crippen LogP contribution is -2.35. The fraction of sp³-hybridized carbons (Fsp3) is 0.583. The van der Waals surface area contributed by atoms with Crippen LogP contribution < -0.4 is 10.6 Å². The van der Waals surface area contributed by atoms with Crippen molar-refractivity contribution < 1.29 is 19.1 Å². The summed E-state index contributed by atoms with van der Waals surface area (Å²) in [7, 11) is 0. The number of nitrogens with zero attached hydrogens (tertiary/aromatic N) is 1. The molecule has 1 heterocycles. The van der Waals surface area contributed by atoms with Gasteiger partial charge in [-0.1, -0.05) is 6.92 Å². The standard InChI is InChI=1S/C12H19N3O4/c1-2-9-7-14-10(19-9)8-15-12(18)13-6-4-3-5-11(16)17/h7H,2-6,8H2,1H3,(H,16,17)(H2,13,15,18). The summed E-state index contributed by atoms with van der Waals surface area (Å²) in [5, 5.41) is 13.7. The molecule has 19 heavy (non-hydrogen) atoms. The quantitative estimate of drug-likeness (QED) is 0.617. The summed E-state index contributed by atoms with van der Waals surface area (Å²) in [5.41, 5.74) is 0. The van der Waals surface area contributed by atoms with E-state index in [9.17, 15) is 9.59 Å². The number of amides is 2. The lowest BCUT2D eigenvalue weighted by Gasteiger charge is -2.05. The van der Waals surface area contributed by atoms with E-state index in [0.717, 1.165) is 12.2 Å². The normalized spacial score (nSPS) is 10.2. The number of oxazole rings is 1. The van der Waals surface area contributed by atoms with Crippen molar-refractivity contribution in [3.05, 3.63) is 17.8 Å². The summed E-state index contributed by atoms with van der Waals surface area (Å²) in [6.45, 7) is 2.65. The Balaban J connectivity index is 2.09. The maximum Gasteiger partial charge on any atom is 0.315 e. The first-order valence-corrected chi connectivity index (χ1v) is 6.29. The number of nitrogens with one attached hydrogen (secondary N) is 2. The van der Waals surface area contributed by atoms with Gasteiger partial charge in [-0.15, -0.1) is 0 Å². The van der Waals surface area contributed by atoms with Crippen molar-refractivity contribution >= 4 is 12.0 Å². The van der Waals surface area contributed by atoms with Gasteiger partial charge in [-0.2, -0.15) is 0 Å². The first-order valence-electron chi connectivity index (χ1n) is 6.29. The minimum Gasteiger partial charge on any atom is -0.481 e. The van der Waals surface area contributed by atoms with E-state index in [1.54, 1.807) is 6.20 Å². The molecule has 1 rings (SSSR count). The second kappa shape index (κ2) is 8.12. The third kappa shape index (κ3) is 6.44. The van der Waals surface area contributed by atoms with E-state index < -0.39 is 5.97 Å². The van der Waals surface area contributed by atoms with Gasteiger partial charge >= 0.3 is 12.0 Å². The molecular formula is C12H19N3O4. The Labute approximate surface area is 111 Å². The lowest BCUT2D eigenvalue weighted by atomic mass is 10.2. The summed E-state index contributed by atoms with van der Waals surface area (Å²) in [6.07, 6.45) is 3.72. The van der Waals surface area contributed by atoms with Crippen LogP contribution in [0.5, 0.6) is 0 Å². The molecule has 0 aliphatic heterocycles. The molecule has 0 aromatic carbocycles. The number of aliphatic carboxylic acids is 1. The molecule has 1 aromatic rings. The van der Waals surface area contributed by atoms with E-state index >= 15 is 0 Å². The van der Waals surface area contributed by atoms with Crippen molar-refractivity contribution in [3.63, 3.8) is 0 Å². The van der Waals surface area contributed by atoms with Gasteiger partial charge in [0.25, 0.3) is 0 Å². The van der Waals surface area contributed by atoms with Crippen LogP contribution in [-0.4, -0.2) is 28.6 Å². The SMILES string of the molecule is CCc1cnc(CNC(=O)NCCCCC(=O)O)o1. The molecule has 0 saturated carbocycles. The van der Waals surface area contributed by atoms with Crippen LogP contribution in [0.3, 0.4) is 0 Å². The van der Waals surface area contributed by atoms with E-state index in [1.165, 1.54) is 0 Å². The molecule has 0 spiro atoms. The second-order valence-electron chi connectivity index (χ2n) is 4.03. The Morgan fingerprint density at radius 1 is 1.37 bits per heavy atom. The van der Waals surface area contributed by atoms with Crippen LogP contribution in [0.2, 0.25) is 0 Å². The predicted octanol–water partition coefficient (Wildman–Crippen LogP) is 1.29. The molecule has 0 saturated heterocycles. The number of urea groups is 1. The average Bonchev–Trinajstić information content (AvgIpc) is 2.83. The molecule has 0 atom stereocenters. The van der Waals surface area contributed by atoms with Crippen LogP contribution >= 0.6 is 0 Å². The van der Waals surface area contributed by atoms with Crippen molar-refractivity contribution in [1.82, 2.24) is 15.6 Å². The first-order chi connectivity index (χ1) is 9.11. The van der Waals surface area contributed by atoms with Gasteiger partial charge in [0.2, 0.25) is 5.89 Å². The molecular weight excluding hydrogens is 250 g/mol. The zero-order valence-electron chi connectivity index (χ0n) is 10.9. The fourth-order valence-electron chi connectivity index (χ4n) is 1.41. The van der Waals surface area contributed by atoms with Crippen LogP contribution in [0.1, 0.15) is 37.8 Å². The minimum absolute atomic E-state index is 0.124. The number of carbonyl (C=O) groups excluding carboxylic acids is 1. The number of unbranched alkanes of at least 4 members (excludes halogenated alkanes) is 1. The Morgan fingerprint density at radius 2 is 2.16 bits per heavy atom. The van der Waals surface area contributed by atoms with Gasteiger partial charge in [0, 0.05) is 19.4 Å². The fourth-order valence-corrected chi connectivity index (χ4v) is 1.41. The van der Waals surface area contributed by atoms with E-state index in [1.807, 2.05) is 6.92 Å². The van der Waals surface area contributed by atoms with Gasteiger partial charge < -0.3 is 20.2 Å². The predicted molar refractivity (Wildman–Crippen MR) is 67.6 cm³/mol. The highest BCUT2D eigenvalue weighted by Crippen LogP contribution is 2.03. The number of aromatic nitrogens is 1. The maximum atomic E-state index is 11.4. The van der Waals surface area contributed by atoms with Crippen molar-refractivity contribution in [3.8, 4) is 0 Å². The molecule has 106 valence electrons. The molecule has 7 heteroatoms. The van der Waals surface area contributed by atoms with Crippen LogP contribution in [-0.2, 0) is 17.8 Å². The second-order valence-corrected chi connectivity index (χ2v) is 4.03. The Hall–Kier alpha value is -2.05. The molecule has 0 fully saturated rings. The summed E-state index contributed by atoms with van der Waals surface area (Å²) < 4.78 is 5.33. The summed E-state index contributed by atoms with van der Waals surface area (Å²) in [5.74, 6) is 0.434. The highest BCUT2D eigenvalue weighted by Gasteiger charge is 2.05. The van der Waals surface area contributed by atoms with E-state index in [4.69, 9.17) is 9.52 Å². The summed E-state index contributed by atoms with van der Waals surface area (Å²) >= 11 is 0. The highest BCUT2D eigenvalue weighted by atomic mass is 16.4. The largest absolute Gasteiger partial charge is 0.481 e. The van der Waals surface area contributed by atoms with Crippen LogP contribution in [0, 0.1) is 0 Å². The number of hydrogen-bond acceptors (Lipinski definition) is 4. The molecule has 0 unspecified atom stereocenters. The topological polar surface area (TPSA) is 104 Å². The molecule has 3 N–H and O–H groups in total. The number of carbonyl (C=O) groups is 2. The third-order valence-electron chi connectivity index (χ3n) is 2.45. The van der Waals surface area contributed by atoms with Gasteiger partial charge in [-0.25, -0.2) is 9.78 Å². The number of hydrogen-bond donors (Lipinski definition) is 3. The number of aryl methyl sites for hydroxylation is 1. The Kier molecular flexibility index (Phi) is 6.42. The molecule has 0 aliphatic rings. The van der Waals surface area contributed by atoms with Crippen molar-refractivity contribution in [1.29, 1.82) is 0 Å². The average molecular weight is 269 g/mol. The van der Waals surface area contributed by atoms with Crippen LogP contribution in [0.15, 0.2) is 10.6 Å². The van der Waals surface area contributed by atoms with Crippen LogP contribution in [0.25, 0.3) is 0 Å². The van der Waals surface area contributed by atoms with Gasteiger partial charge in [-0.05, 0) is 12.8 Å². The number of carboxylic acids is 1. The molecule has 0 aliphatic carbocycles. The van der Waals surface area contributed by atoms with Gasteiger partial charge in [-0.3, -0.25) is 4.79 Å². The zero-order valence-corrected chi connectivity index (χ0v) is 10.9. The Bertz CT molecular complexity index is 417. The van der Waals surface area contributed by atoms with E-state index in [0.29, 0.717) is 25.3 Å². The van der Waals surface area contributed by atoms with Crippen molar-refractivity contribution in [2.75, 3.05) is 6.54 Å². The zero-order chi connectivity index (χ0) is 14.1. The molecule has 2 amide bonds. The van der Waals surface area contributed by atoms with E-state index in [2.05, 4.69) is 15.6 Å². The third-order valence-corrected chi connectivity index (χ3v) is 2.45. The lowest BCUT2D eigenvalue weighted by molar-refractivity contribution is -0.137. The van der Waals surface area contributed by atoms with Gasteiger partial charge in [0.1, 0.15) is 5.76 Å². The van der Waals surface area contributed by atoms with Crippen molar-refractivity contribution in [2.24, 2.45) is 0 Å². The monoisotopic (exact) mass is 269 g/mol. The smallest absolute Gasteiger partial charge is 0.315 e. The Morgan fingerprint density at radius 3 is 2.79 bits per heavy atom. The number of rotatable bonds is 8. The van der Waals surface area contributed by atoms with Crippen molar-refractivity contribution in [2.45, 2.75) is 39.2 Å². The molecule has 0 bridgehead atoms. The molecule has 1 aromatic heterocycles. The van der Waals surface area contributed by atoms with Gasteiger partial charge in [0.15, 0.2) is 0 Å². The molecule has 0 radical (unpaired) electrons. The number of carboxylic acid groups (broad SMARTS) is 1. The maximum absolute atomic E-state index is 11.4. The van der Waals surface area contributed by atoms with Crippen LogP contribution in [0.4, 0.5) is 4.79 Å². The first kappa shape index (κ1) is 15.0. The minimum atomic E-state index is -0.819.